The molecule has 0 spiro atoms. The number of hydrogen-bond acceptors (Lipinski definition) is 3. The van der Waals surface area contributed by atoms with Crippen LogP contribution < -0.4 is 4.74 Å². The van der Waals surface area contributed by atoms with Crippen LogP contribution in [0.2, 0.25) is 0 Å². The van der Waals surface area contributed by atoms with E-state index < -0.39 is 6.10 Å². The maximum atomic E-state index is 9.18. The summed E-state index contributed by atoms with van der Waals surface area (Å²) in [6.07, 6.45) is 0.0969. The molecule has 0 aromatic heterocycles. The molecular weight excluding hydrogens is 204 g/mol. The van der Waals surface area contributed by atoms with Gasteiger partial charge in [0, 0.05) is 0 Å². The average Bonchev–Trinajstić information content (AvgIpc) is 2.35. The topological polar surface area (TPSA) is 49.7 Å². The molecule has 2 unspecified atom stereocenters. The van der Waals surface area contributed by atoms with Crippen molar-refractivity contribution in [1.82, 2.24) is 0 Å². The average molecular weight is 223 g/mol. The van der Waals surface area contributed by atoms with Crippen molar-refractivity contribution in [3.8, 4) is 5.75 Å². The van der Waals surface area contributed by atoms with Gasteiger partial charge >= 0.3 is 0 Å². The Morgan fingerprint density at radius 1 is 1.38 bits per heavy atom. The molecule has 0 bridgehead atoms. The SMILES string of the molecule is CCC(C)c1ccccc1OCC(O)[CH]O. The van der Waals surface area contributed by atoms with Gasteiger partial charge in [0.05, 0.1) is 0 Å². The van der Waals surface area contributed by atoms with Crippen LogP contribution in [0.5, 0.6) is 5.75 Å². The van der Waals surface area contributed by atoms with Crippen LogP contribution in [0.3, 0.4) is 0 Å². The second kappa shape index (κ2) is 6.51. The van der Waals surface area contributed by atoms with E-state index in [1.165, 1.54) is 0 Å². The molecule has 1 rings (SSSR count). The zero-order valence-corrected chi connectivity index (χ0v) is 9.76. The lowest BCUT2D eigenvalue weighted by molar-refractivity contribution is 0.0909. The zero-order valence-electron chi connectivity index (χ0n) is 9.76. The summed E-state index contributed by atoms with van der Waals surface area (Å²) >= 11 is 0. The maximum Gasteiger partial charge on any atom is 0.122 e. The van der Waals surface area contributed by atoms with Crippen LogP contribution in [0.15, 0.2) is 24.3 Å². The Morgan fingerprint density at radius 3 is 2.69 bits per heavy atom. The molecule has 0 aliphatic heterocycles. The third kappa shape index (κ3) is 3.51. The third-order valence-corrected chi connectivity index (χ3v) is 2.64. The highest BCUT2D eigenvalue weighted by Gasteiger charge is 2.11. The van der Waals surface area contributed by atoms with Gasteiger partial charge in [-0.25, -0.2) is 0 Å². The first-order chi connectivity index (χ1) is 7.69. The van der Waals surface area contributed by atoms with Gasteiger partial charge in [-0.05, 0) is 24.0 Å². The summed E-state index contributed by atoms with van der Waals surface area (Å²) in [5.74, 6) is 1.20. The lowest BCUT2D eigenvalue weighted by Crippen LogP contribution is -2.18. The Kier molecular flexibility index (Phi) is 5.29. The van der Waals surface area contributed by atoms with Crippen molar-refractivity contribution in [1.29, 1.82) is 0 Å². The van der Waals surface area contributed by atoms with Gasteiger partial charge in [0.25, 0.3) is 0 Å². The molecule has 1 aromatic rings. The zero-order chi connectivity index (χ0) is 12.0. The van der Waals surface area contributed by atoms with Crippen molar-refractivity contribution in [2.24, 2.45) is 0 Å². The monoisotopic (exact) mass is 223 g/mol. The molecule has 2 atom stereocenters. The molecule has 3 heteroatoms. The van der Waals surface area contributed by atoms with Gasteiger partial charge in [-0.3, -0.25) is 0 Å². The highest BCUT2D eigenvalue weighted by Crippen LogP contribution is 2.28. The second-order valence-corrected chi connectivity index (χ2v) is 3.87. The molecule has 0 fully saturated rings. The van der Waals surface area contributed by atoms with E-state index in [4.69, 9.17) is 9.84 Å². The molecule has 89 valence electrons. The number of aliphatic hydroxyl groups is 2. The van der Waals surface area contributed by atoms with E-state index in [1.54, 1.807) is 0 Å². The molecule has 0 aliphatic carbocycles. The van der Waals surface area contributed by atoms with Crippen LogP contribution in [-0.2, 0) is 0 Å². The summed E-state index contributed by atoms with van der Waals surface area (Å²) in [4.78, 5) is 0. The first kappa shape index (κ1) is 13.0. The fourth-order valence-electron chi connectivity index (χ4n) is 1.46. The van der Waals surface area contributed by atoms with Crippen LogP contribution in [-0.4, -0.2) is 22.9 Å². The number of benzene rings is 1. The highest BCUT2D eigenvalue weighted by molar-refractivity contribution is 5.35. The van der Waals surface area contributed by atoms with E-state index in [2.05, 4.69) is 13.8 Å². The van der Waals surface area contributed by atoms with Crippen molar-refractivity contribution in [3.05, 3.63) is 36.4 Å². The summed E-state index contributed by atoms with van der Waals surface area (Å²) in [6, 6.07) is 7.78. The molecule has 0 amide bonds. The Hall–Kier alpha value is -1.06. The van der Waals surface area contributed by atoms with Gasteiger partial charge in [0.2, 0.25) is 0 Å². The van der Waals surface area contributed by atoms with Crippen LogP contribution >= 0.6 is 0 Å². The molecule has 1 aromatic carbocycles. The van der Waals surface area contributed by atoms with Gasteiger partial charge in [0.1, 0.15) is 25.1 Å². The van der Waals surface area contributed by atoms with Gasteiger partial charge in [-0.2, -0.15) is 0 Å². The number of hydrogen-bond donors (Lipinski definition) is 2. The molecule has 3 nitrogen and oxygen atoms in total. The smallest absolute Gasteiger partial charge is 0.122 e. The Balaban J connectivity index is 2.71. The molecule has 0 heterocycles. The fourth-order valence-corrected chi connectivity index (χ4v) is 1.46. The van der Waals surface area contributed by atoms with Crippen molar-refractivity contribution in [2.45, 2.75) is 32.3 Å². The Bertz CT molecular complexity index is 312. The van der Waals surface area contributed by atoms with Gasteiger partial charge in [0.15, 0.2) is 0 Å². The largest absolute Gasteiger partial charge is 0.490 e. The van der Waals surface area contributed by atoms with Crippen molar-refractivity contribution in [3.63, 3.8) is 0 Å². The van der Waals surface area contributed by atoms with E-state index in [0.29, 0.717) is 5.92 Å². The first-order valence-electron chi connectivity index (χ1n) is 5.56. The molecule has 0 saturated heterocycles. The summed E-state index contributed by atoms with van der Waals surface area (Å²) in [6.45, 7) is 5.06. The van der Waals surface area contributed by atoms with Crippen LogP contribution in [0.25, 0.3) is 0 Å². The number of para-hydroxylation sites is 1. The number of ether oxygens (including phenoxy) is 1. The lowest BCUT2D eigenvalue weighted by Gasteiger charge is -2.16. The summed E-state index contributed by atoms with van der Waals surface area (Å²) in [7, 11) is 0. The van der Waals surface area contributed by atoms with Crippen molar-refractivity contribution >= 4 is 0 Å². The standard InChI is InChI=1S/C13H19O3/c1-3-10(2)12-6-4-5-7-13(12)16-9-11(15)8-14/h4-8,10-11,14-15H,3,9H2,1-2H3. The molecule has 0 aliphatic rings. The van der Waals surface area contributed by atoms with Crippen LogP contribution in [0.4, 0.5) is 0 Å². The number of rotatable bonds is 6. The molecular formula is C13H19O3. The van der Waals surface area contributed by atoms with Crippen LogP contribution in [0, 0.1) is 6.61 Å². The maximum absolute atomic E-state index is 9.18. The van der Waals surface area contributed by atoms with Gasteiger partial charge < -0.3 is 14.9 Å². The minimum atomic E-state index is -0.940. The predicted octanol–water partition coefficient (Wildman–Crippen LogP) is 2.47. The van der Waals surface area contributed by atoms with E-state index in [0.717, 1.165) is 24.3 Å². The Labute approximate surface area is 96.7 Å². The second-order valence-electron chi connectivity index (χ2n) is 3.87. The molecule has 1 radical (unpaired) electrons. The summed E-state index contributed by atoms with van der Waals surface area (Å²) in [5.41, 5.74) is 1.13. The predicted molar refractivity (Wildman–Crippen MR) is 62.9 cm³/mol. The molecule has 16 heavy (non-hydrogen) atoms. The van der Waals surface area contributed by atoms with Crippen molar-refractivity contribution < 1.29 is 14.9 Å². The normalized spacial score (nSPS) is 14.5. The first-order valence-corrected chi connectivity index (χ1v) is 5.56. The lowest BCUT2D eigenvalue weighted by atomic mass is 9.98. The molecule has 0 saturated carbocycles. The summed E-state index contributed by atoms with van der Waals surface area (Å²) < 4.78 is 5.47. The third-order valence-electron chi connectivity index (χ3n) is 2.64. The van der Waals surface area contributed by atoms with Gasteiger partial charge in [-0.15, -0.1) is 0 Å². The van der Waals surface area contributed by atoms with Gasteiger partial charge in [-0.1, -0.05) is 32.0 Å². The van der Waals surface area contributed by atoms with E-state index in [1.807, 2.05) is 24.3 Å². The minimum absolute atomic E-state index is 0.0734. The van der Waals surface area contributed by atoms with E-state index >= 15 is 0 Å². The Morgan fingerprint density at radius 2 is 2.06 bits per heavy atom. The minimum Gasteiger partial charge on any atom is -0.490 e. The van der Waals surface area contributed by atoms with E-state index in [-0.39, 0.29) is 6.61 Å². The highest BCUT2D eigenvalue weighted by atomic mass is 16.5. The quantitative estimate of drug-likeness (QED) is 0.779. The fraction of sp³-hybridized carbons (Fsp3) is 0.462. The van der Waals surface area contributed by atoms with Crippen LogP contribution in [0.1, 0.15) is 31.7 Å². The van der Waals surface area contributed by atoms with Crippen molar-refractivity contribution in [2.75, 3.05) is 6.61 Å². The summed E-state index contributed by atoms with van der Waals surface area (Å²) in [5, 5.41) is 17.8. The van der Waals surface area contributed by atoms with E-state index in [9.17, 15) is 5.11 Å². The number of aliphatic hydroxyl groups excluding tert-OH is 2. The molecule has 2 N–H and O–H groups in total.